The fourth-order valence-electron chi connectivity index (χ4n) is 3.12. The summed E-state index contributed by atoms with van der Waals surface area (Å²) in [6.45, 7) is 1.65. The van der Waals surface area contributed by atoms with Crippen molar-refractivity contribution in [3.05, 3.63) is 29.8 Å². The van der Waals surface area contributed by atoms with Crippen LogP contribution in [0.25, 0.3) is 0 Å². The number of para-hydroxylation sites is 1. The Morgan fingerprint density at radius 3 is 2.89 bits per heavy atom. The molecule has 2 unspecified atom stereocenters. The van der Waals surface area contributed by atoms with Gasteiger partial charge in [-0.1, -0.05) is 12.1 Å². The predicted octanol–water partition coefficient (Wildman–Crippen LogP) is 1.66. The molecule has 1 N–H and O–H groups in total. The number of fused-ring (bicyclic) bond motifs is 2. The number of benzene rings is 1. The van der Waals surface area contributed by atoms with Crippen molar-refractivity contribution < 1.29 is 9.53 Å². The van der Waals surface area contributed by atoms with Crippen LogP contribution in [0.3, 0.4) is 0 Å². The van der Waals surface area contributed by atoms with Gasteiger partial charge in [0.1, 0.15) is 5.75 Å². The molecule has 2 aliphatic heterocycles. The van der Waals surface area contributed by atoms with Crippen molar-refractivity contribution in [2.75, 3.05) is 20.2 Å². The van der Waals surface area contributed by atoms with Crippen LogP contribution in [0, 0.1) is 0 Å². The first kappa shape index (κ1) is 12.5. The molecule has 2 saturated heterocycles. The molecular formula is C15H20N2O2. The Labute approximate surface area is 113 Å². The zero-order chi connectivity index (χ0) is 13.2. The van der Waals surface area contributed by atoms with Crippen LogP contribution in [-0.2, 0) is 0 Å². The standard InChI is InChI=1S/C15H20N2O2/c1-19-14-5-3-2-4-13(14)15(18)17-9-8-11-6-7-12(10-17)16-11/h2-5,11-12,16H,6-10H2,1H3. The fourth-order valence-corrected chi connectivity index (χ4v) is 3.12. The average molecular weight is 260 g/mol. The zero-order valence-electron chi connectivity index (χ0n) is 11.3. The zero-order valence-corrected chi connectivity index (χ0v) is 11.3. The number of likely N-dealkylation sites (tertiary alicyclic amines) is 1. The lowest BCUT2D eigenvalue weighted by Crippen LogP contribution is -2.39. The van der Waals surface area contributed by atoms with Crippen molar-refractivity contribution in [1.82, 2.24) is 10.2 Å². The van der Waals surface area contributed by atoms with Crippen molar-refractivity contribution in [2.45, 2.75) is 31.3 Å². The molecule has 0 spiro atoms. The third-order valence-electron chi connectivity index (χ3n) is 4.15. The van der Waals surface area contributed by atoms with Crippen molar-refractivity contribution in [3.8, 4) is 5.75 Å². The summed E-state index contributed by atoms with van der Waals surface area (Å²) >= 11 is 0. The highest BCUT2D eigenvalue weighted by Crippen LogP contribution is 2.24. The van der Waals surface area contributed by atoms with Crippen LogP contribution in [0.4, 0.5) is 0 Å². The van der Waals surface area contributed by atoms with Crippen molar-refractivity contribution in [3.63, 3.8) is 0 Å². The largest absolute Gasteiger partial charge is 0.496 e. The molecule has 1 aromatic rings. The lowest BCUT2D eigenvalue weighted by molar-refractivity contribution is 0.0745. The molecular weight excluding hydrogens is 240 g/mol. The third kappa shape index (κ3) is 2.45. The van der Waals surface area contributed by atoms with Crippen molar-refractivity contribution in [2.24, 2.45) is 0 Å². The van der Waals surface area contributed by atoms with Gasteiger partial charge in [-0.3, -0.25) is 4.79 Å². The highest BCUT2D eigenvalue weighted by atomic mass is 16.5. The second-order valence-electron chi connectivity index (χ2n) is 5.38. The maximum atomic E-state index is 12.6. The van der Waals surface area contributed by atoms with Crippen LogP contribution in [0.5, 0.6) is 5.75 Å². The van der Waals surface area contributed by atoms with E-state index in [9.17, 15) is 4.79 Å². The van der Waals surface area contributed by atoms with Gasteiger partial charge in [0.2, 0.25) is 0 Å². The number of carbonyl (C=O) groups is 1. The van der Waals surface area contributed by atoms with Crippen LogP contribution in [0.1, 0.15) is 29.6 Å². The molecule has 0 saturated carbocycles. The van der Waals surface area contributed by atoms with E-state index in [0.29, 0.717) is 23.4 Å². The molecule has 3 rings (SSSR count). The number of carbonyl (C=O) groups excluding carboxylic acids is 1. The van der Waals surface area contributed by atoms with Gasteiger partial charge in [-0.05, 0) is 31.4 Å². The second-order valence-corrected chi connectivity index (χ2v) is 5.38. The normalized spacial score (nSPS) is 26.1. The molecule has 102 valence electrons. The Morgan fingerprint density at radius 2 is 2.05 bits per heavy atom. The number of amides is 1. The van der Waals surface area contributed by atoms with Crippen molar-refractivity contribution in [1.29, 1.82) is 0 Å². The highest BCUT2D eigenvalue weighted by Gasteiger charge is 2.32. The summed E-state index contributed by atoms with van der Waals surface area (Å²) in [6, 6.07) is 8.53. The minimum Gasteiger partial charge on any atom is -0.496 e. The SMILES string of the molecule is COc1ccccc1C(=O)N1CCC2CCC(C1)N2. The summed E-state index contributed by atoms with van der Waals surface area (Å²) in [5, 5.41) is 3.59. The van der Waals surface area contributed by atoms with Gasteiger partial charge in [-0.2, -0.15) is 0 Å². The summed E-state index contributed by atoms with van der Waals surface area (Å²) in [5.74, 6) is 0.752. The van der Waals surface area contributed by atoms with E-state index >= 15 is 0 Å². The van der Waals surface area contributed by atoms with Crippen LogP contribution in [-0.4, -0.2) is 43.1 Å². The minimum atomic E-state index is 0.0896. The number of hydrogen-bond donors (Lipinski definition) is 1. The van der Waals surface area contributed by atoms with Gasteiger partial charge in [0.05, 0.1) is 12.7 Å². The van der Waals surface area contributed by atoms with E-state index in [2.05, 4.69) is 5.32 Å². The van der Waals surface area contributed by atoms with Gasteiger partial charge in [-0.25, -0.2) is 0 Å². The van der Waals surface area contributed by atoms with Gasteiger partial charge >= 0.3 is 0 Å². The van der Waals surface area contributed by atoms with E-state index in [-0.39, 0.29) is 5.91 Å². The summed E-state index contributed by atoms with van der Waals surface area (Å²) in [4.78, 5) is 14.6. The summed E-state index contributed by atoms with van der Waals surface area (Å²) in [6.07, 6.45) is 3.49. The van der Waals surface area contributed by atoms with E-state index < -0.39 is 0 Å². The van der Waals surface area contributed by atoms with E-state index in [1.165, 1.54) is 12.8 Å². The van der Waals surface area contributed by atoms with Gasteiger partial charge < -0.3 is 15.0 Å². The van der Waals surface area contributed by atoms with E-state index in [1.807, 2.05) is 29.2 Å². The van der Waals surface area contributed by atoms with Gasteiger partial charge in [-0.15, -0.1) is 0 Å². The maximum absolute atomic E-state index is 12.6. The number of rotatable bonds is 2. The maximum Gasteiger partial charge on any atom is 0.257 e. The smallest absolute Gasteiger partial charge is 0.257 e. The van der Waals surface area contributed by atoms with Crippen LogP contribution >= 0.6 is 0 Å². The molecule has 19 heavy (non-hydrogen) atoms. The first-order chi connectivity index (χ1) is 9.28. The number of ether oxygens (including phenoxy) is 1. The summed E-state index contributed by atoms with van der Waals surface area (Å²) in [5.41, 5.74) is 0.669. The monoisotopic (exact) mass is 260 g/mol. The van der Waals surface area contributed by atoms with Crippen LogP contribution in [0.15, 0.2) is 24.3 Å². The molecule has 0 aliphatic carbocycles. The molecule has 1 aromatic carbocycles. The van der Waals surface area contributed by atoms with E-state index in [4.69, 9.17) is 4.74 Å². The van der Waals surface area contributed by atoms with Gasteiger partial charge in [0.15, 0.2) is 0 Å². The number of nitrogens with one attached hydrogen (secondary N) is 1. The van der Waals surface area contributed by atoms with E-state index in [0.717, 1.165) is 19.5 Å². The lowest BCUT2D eigenvalue weighted by Gasteiger charge is -2.25. The molecule has 0 radical (unpaired) electrons. The quantitative estimate of drug-likeness (QED) is 0.879. The molecule has 2 heterocycles. The Kier molecular flexibility index (Phi) is 3.42. The topological polar surface area (TPSA) is 41.6 Å². The van der Waals surface area contributed by atoms with E-state index in [1.54, 1.807) is 7.11 Å². The third-order valence-corrected chi connectivity index (χ3v) is 4.15. The summed E-state index contributed by atoms with van der Waals surface area (Å²) < 4.78 is 5.29. The summed E-state index contributed by atoms with van der Waals surface area (Å²) in [7, 11) is 1.61. The Balaban J connectivity index is 1.79. The number of methoxy groups -OCH3 is 1. The molecule has 2 bridgehead atoms. The molecule has 1 amide bonds. The number of hydrogen-bond acceptors (Lipinski definition) is 3. The second kappa shape index (κ2) is 5.21. The minimum absolute atomic E-state index is 0.0896. The van der Waals surface area contributed by atoms with Crippen molar-refractivity contribution >= 4 is 5.91 Å². The molecule has 2 atom stereocenters. The lowest BCUT2D eigenvalue weighted by atomic mass is 10.1. The first-order valence-electron chi connectivity index (χ1n) is 6.96. The van der Waals surface area contributed by atoms with Gasteiger partial charge in [0, 0.05) is 25.2 Å². The van der Waals surface area contributed by atoms with Crippen LogP contribution < -0.4 is 10.1 Å². The highest BCUT2D eigenvalue weighted by molar-refractivity contribution is 5.97. The molecule has 2 aliphatic rings. The first-order valence-corrected chi connectivity index (χ1v) is 6.96. The van der Waals surface area contributed by atoms with Crippen LogP contribution in [0.2, 0.25) is 0 Å². The number of nitrogens with zero attached hydrogens (tertiary/aromatic N) is 1. The fraction of sp³-hybridized carbons (Fsp3) is 0.533. The molecule has 4 heteroatoms. The predicted molar refractivity (Wildman–Crippen MR) is 73.5 cm³/mol. The Bertz CT molecular complexity index is 475. The van der Waals surface area contributed by atoms with Gasteiger partial charge in [0.25, 0.3) is 5.91 Å². The Morgan fingerprint density at radius 1 is 1.26 bits per heavy atom. The molecule has 2 fully saturated rings. The average Bonchev–Trinajstić information content (AvgIpc) is 2.77. The molecule has 0 aromatic heterocycles. The Hall–Kier alpha value is -1.55. The molecule has 4 nitrogen and oxygen atoms in total.